The van der Waals surface area contributed by atoms with E-state index in [1.807, 2.05) is 20.2 Å². The maximum absolute atomic E-state index is 4.42. The van der Waals surface area contributed by atoms with Gasteiger partial charge in [0.25, 0.3) is 0 Å². The molecule has 2 N–H and O–H groups in total. The summed E-state index contributed by atoms with van der Waals surface area (Å²) in [4.78, 5) is 11.1. The predicted molar refractivity (Wildman–Crippen MR) is 75.1 cm³/mol. The van der Waals surface area contributed by atoms with Crippen molar-refractivity contribution < 1.29 is 0 Å². The summed E-state index contributed by atoms with van der Waals surface area (Å²) in [5, 5.41) is 6.36. The molecule has 5 heteroatoms. The van der Waals surface area contributed by atoms with Crippen molar-refractivity contribution in [2.75, 3.05) is 37.3 Å². The summed E-state index contributed by atoms with van der Waals surface area (Å²) in [5.74, 6) is 1.60. The largest absolute Gasteiger partial charge is 0.368 e. The van der Waals surface area contributed by atoms with Gasteiger partial charge >= 0.3 is 0 Å². The van der Waals surface area contributed by atoms with Crippen LogP contribution in [0.3, 0.4) is 0 Å². The Bertz CT molecular complexity index is 389. The minimum absolute atomic E-state index is 0.664. The molecule has 1 aromatic rings. The molecule has 1 aliphatic rings. The van der Waals surface area contributed by atoms with E-state index in [2.05, 4.69) is 32.4 Å². The Hall–Kier alpha value is -1.36. The first-order valence-corrected chi connectivity index (χ1v) is 6.74. The van der Waals surface area contributed by atoms with E-state index in [1.54, 1.807) is 0 Å². The molecule has 18 heavy (non-hydrogen) atoms. The molecule has 1 aliphatic carbocycles. The molecular formula is C13H23N5. The lowest BCUT2D eigenvalue weighted by Gasteiger charge is -2.20. The lowest BCUT2D eigenvalue weighted by Crippen LogP contribution is -2.31. The number of likely N-dealkylation sites (N-methyl/N-ethyl adjacent to an activating group) is 1. The number of nitrogens with one attached hydrogen (secondary N) is 2. The van der Waals surface area contributed by atoms with Gasteiger partial charge in [-0.3, -0.25) is 4.90 Å². The Kier molecular flexibility index (Phi) is 4.36. The van der Waals surface area contributed by atoms with Crippen LogP contribution in [0.25, 0.3) is 0 Å². The van der Waals surface area contributed by atoms with E-state index < -0.39 is 0 Å². The second-order valence-corrected chi connectivity index (χ2v) is 4.76. The van der Waals surface area contributed by atoms with E-state index >= 15 is 0 Å². The molecule has 0 amide bonds. The zero-order valence-electron chi connectivity index (χ0n) is 11.5. The maximum atomic E-state index is 4.42. The topological polar surface area (TPSA) is 53.1 Å². The van der Waals surface area contributed by atoms with Gasteiger partial charge in [-0.05, 0) is 26.3 Å². The second kappa shape index (κ2) is 6.00. The first kappa shape index (κ1) is 13.1. The van der Waals surface area contributed by atoms with Gasteiger partial charge in [0.2, 0.25) is 5.95 Å². The Balaban J connectivity index is 1.85. The molecule has 1 aromatic heterocycles. The number of aryl methyl sites for hydroxylation is 1. The number of anilines is 2. The molecule has 0 saturated heterocycles. The number of rotatable bonds is 7. The van der Waals surface area contributed by atoms with Gasteiger partial charge in [0.1, 0.15) is 5.82 Å². The van der Waals surface area contributed by atoms with Crippen molar-refractivity contribution in [2.24, 2.45) is 0 Å². The van der Waals surface area contributed by atoms with Gasteiger partial charge in [-0.2, -0.15) is 4.98 Å². The molecule has 5 nitrogen and oxygen atoms in total. The van der Waals surface area contributed by atoms with E-state index in [1.165, 1.54) is 12.8 Å². The molecule has 0 aromatic carbocycles. The monoisotopic (exact) mass is 249 g/mol. The molecule has 1 saturated carbocycles. The molecule has 1 fully saturated rings. The minimum atomic E-state index is 0.664. The molecule has 0 aliphatic heterocycles. The van der Waals surface area contributed by atoms with E-state index in [0.717, 1.165) is 37.1 Å². The third-order valence-electron chi connectivity index (χ3n) is 3.36. The zero-order valence-corrected chi connectivity index (χ0v) is 11.5. The van der Waals surface area contributed by atoms with Crippen LogP contribution in [0.4, 0.5) is 11.8 Å². The average Bonchev–Trinajstić information content (AvgIpc) is 3.21. The summed E-state index contributed by atoms with van der Waals surface area (Å²) in [6.45, 7) is 7.41. The fourth-order valence-corrected chi connectivity index (χ4v) is 2.10. The van der Waals surface area contributed by atoms with Crippen LogP contribution in [0, 0.1) is 6.92 Å². The van der Waals surface area contributed by atoms with Gasteiger partial charge in [0.05, 0.1) is 0 Å². The Morgan fingerprint density at radius 2 is 2.22 bits per heavy atom. The van der Waals surface area contributed by atoms with Gasteiger partial charge in [-0.25, -0.2) is 4.98 Å². The molecular weight excluding hydrogens is 226 g/mol. The third-order valence-corrected chi connectivity index (χ3v) is 3.36. The van der Waals surface area contributed by atoms with Gasteiger partial charge in [-0.15, -0.1) is 0 Å². The highest BCUT2D eigenvalue weighted by atomic mass is 15.2. The molecule has 0 unspecified atom stereocenters. The standard InChI is InChI=1S/C13H23N5/c1-4-18(11-5-6-11)8-7-15-12-10(2)9-16-13(14-3)17-12/h9,11H,4-8H2,1-3H3,(H2,14,15,16,17). The van der Waals surface area contributed by atoms with Crippen LogP contribution < -0.4 is 10.6 Å². The first-order valence-electron chi connectivity index (χ1n) is 6.74. The van der Waals surface area contributed by atoms with Crippen molar-refractivity contribution in [1.82, 2.24) is 14.9 Å². The van der Waals surface area contributed by atoms with Crippen molar-refractivity contribution >= 4 is 11.8 Å². The van der Waals surface area contributed by atoms with Crippen molar-refractivity contribution in [3.05, 3.63) is 11.8 Å². The van der Waals surface area contributed by atoms with Crippen molar-refractivity contribution in [3.8, 4) is 0 Å². The number of nitrogens with zero attached hydrogens (tertiary/aromatic N) is 3. The smallest absolute Gasteiger partial charge is 0.224 e. The summed E-state index contributed by atoms with van der Waals surface area (Å²) >= 11 is 0. The quantitative estimate of drug-likeness (QED) is 0.770. The Labute approximate surface area is 109 Å². The molecule has 100 valence electrons. The Morgan fingerprint density at radius 1 is 1.44 bits per heavy atom. The van der Waals surface area contributed by atoms with Crippen LogP contribution in [-0.4, -0.2) is 47.6 Å². The van der Waals surface area contributed by atoms with Gasteiger partial charge in [-0.1, -0.05) is 6.92 Å². The van der Waals surface area contributed by atoms with E-state index in [9.17, 15) is 0 Å². The number of hydrogen-bond donors (Lipinski definition) is 2. The lowest BCUT2D eigenvalue weighted by atomic mass is 10.3. The summed E-state index contributed by atoms with van der Waals surface area (Å²) < 4.78 is 0. The van der Waals surface area contributed by atoms with Crippen LogP contribution in [0.15, 0.2) is 6.20 Å². The van der Waals surface area contributed by atoms with E-state index in [4.69, 9.17) is 0 Å². The van der Waals surface area contributed by atoms with Crippen molar-refractivity contribution in [3.63, 3.8) is 0 Å². The second-order valence-electron chi connectivity index (χ2n) is 4.76. The zero-order chi connectivity index (χ0) is 13.0. The SMILES string of the molecule is CCN(CCNc1nc(NC)ncc1C)C1CC1. The highest BCUT2D eigenvalue weighted by Crippen LogP contribution is 2.26. The number of aromatic nitrogens is 2. The van der Waals surface area contributed by atoms with Crippen LogP contribution >= 0.6 is 0 Å². The van der Waals surface area contributed by atoms with E-state index in [0.29, 0.717) is 5.95 Å². The first-order chi connectivity index (χ1) is 8.74. The average molecular weight is 249 g/mol. The molecule has 0 spiro atoms. The minimum Gasteiger partial charge on any atom is -0.368 e. The van der Waals surface area contributed by atoms with Crippen LogP contribution in [0.5, 0.6) is 0 Å². The van der Waals surface area contributed by atoms with Crippen LogP contribution in [0.1, 0.15) is 25.3 Å². The van der Waals surface area contributed by atoms with Crippen LogP contribution in [0.2, 0.25) is 0 Å². The van der Waals surface area contributed by atoms with Gasteiger partial charge < -0.3 is 10.6 Å². The highest BCUT2D eigenvalue weighted by molar-refractivity contribution is 5.46. The third kappa shape index (κ3) is 3.32. The fourth-order valence-electron chi connectivity index (χ4n) is 2.10. The fraction of sp³-hybridized carbons (Fsp3) is 0.692. The highest BCUT2D eigenvalue weighted by Gasteiger charge is 2.27. The van der Waals surface area contributed by atoms with Crippen LogP contribution in [-0.2, 0) is 0 Å². The molecule has 0 bridgehead atoms. The summed E-state index contributed by atoms with van der Waals surface area (Å²) in [6, 6.07) is 0.830. The van der Waals surface area contributed by atoms with E-state index in [-0.39, 0.29) is 0 Å². The van der Waals surface area contributed by atoms with Gasteiger partial charge in [0, 0.05) is 37.9 Å². The molecule has 1 heterocycles. The van der Waals surface area contributed by atoms with Gasteiger partial charge in [0.15, 0.2) is 0 Å². The Morgan fingerprint density at radius 3 is 2.83 bits per heavy atom. The molecule has 2 rings (SSSR count). The number of hydrogen-bond acceptors (Lipinski definition) is 5. The molecule has 0 atom stereocenters. The summed E-state index contributed by atoms with van der Waals surface area (Å²) in [6.07, 6.45) is 4.58. The summed E-state index contributed by atoms with van der Waals surface area (Å²) in [5.41, 5.74) is 1.09. The van der Waals surface area contributed by atoms with Crippen molar-refractivity contribution in [1.29, 1.82) is 0 Å². The normalized spacial score (nSPS) is 14.9. The molecule has 0 radical (unpaired) electrons. The predicted octanol–water partition coefficient (Wildman–Crippen LogP) is 1.72. The maximum Gasteiger partial charge on any atom is 0.224 e. The van der Waals surface area contributed by atoms with Crippen molar-refractivity contribution in [2.45, 2.75) is 32.7 Å². The summed E-state index contributed by atoms with van der Waals surface area (Å²) in [7, 11) is 1.83. The lowest BCUT2D eigenvalue weighted by molar-refractivity contribution is 0.289.